The molecule has 0 saturated heterocycles. The van der Waals surface area contributed by atoms with Crippen molar-refractivity contribution in [1.82, 2.24) is 4.90 Å². The van der Waals surface area contributed by atoms with Gasteiger partial charge in [-0.05, 0) is 25.7 Å². The van der Waals surface area contributed by atoms with E-state index in [4.69, 9.17) is 5.73 Å². The Balaban J connectivity index is 1.92. The highest BCUT2D eigenvalue weighted by Gasteiger charge is 2.35. The van der Waals surface area contributed by atoms with E-state index < -0.39 is 0 Å². The molecule has 2 aliphatic rings. The van der Waals surface area contributed by atoms with E-state index >= 15 is 0 Å². The normalized spacial score (nSPS) is 34.8. The Morgan fingerprint density at radius 3 is 2.71 bits per heavy atom. The Morgan fingerprint density at radius 2 is 2.12 bits per heavy atom. The van der Waals surface area contributed by atoms with Gasteiger partial charge in [-0.3, -0.25) is 4.99 Å². The second-order valence-corrected chi connectivity index (χ2v) is 5.93. The van der Waals surface area contributed by atoms with E-state index in [2.05, 4.69) is 16.8 Å². The Labute approximate surface area is 104 Å². The average Bonchev–Trinajstić information content (AvgIpc) is 3.13. The summed E-state index contributed by atoms with van der Waals surface area (Å²) in [5.74, 6) is 0.631. The zero-order valence-electron chi connectivity index (χ0n) is 11.0. The second-order valence-electron chi connectivity index (χ2n) is 5.93. The number of hydrogen-bond donors (Lipinski definition) is 2. The average molecular weight is 239 g/mol. The van der Waals surface area contributed by atoms with Crippen molar-refractivity contribution in [3.8, 4) is 0 Å². The zero-order valence-corrected chi connectivity index (χ0v) is 11.0. The van der Waals surface area contributed by atoms with E-state index in [1.807, 2.05) is 7.05 Å². The third-order valence-corrected chi connectivity index (χ3v) is 4.34. The summed E-state index contributed by atoms with van der Waals surface area (Å²) < 4.78 is 0. The van der Waals surface area contributed by atoms with Gasteiger partial charge in [-0.2, -0.15) is 0 Å². The molecule has 2 saturated carbocycles. The van der Waals surface area contributed by atoms with Crippen LogP contribution in [0.25, 0.3) is 0 Å². The van der Waals surface area contributed by atoms with Gasteiger partial charge in [0.1, 0.15) is 0 Å². The highest BCUT2D eigenvalue weighted by atomic mass is 16.3. The van der Waals surface area contributed by atoms with E-state index in [1.54, 1.807) is 0 Å². The van der Waals surface area contributed by atoms with Crippen LogP contribution in [0.3, 0.4) is 0 Å². The lowest BCUT2D eigenvalue weighted by Crippen LogP contribution is -2.41. The topological polar surface area (TPSA) is 61.8 Å². The number of aliphatic hydroxyl groups is 1. The summed E-state index contributed by atoms with van der Waals surface area (Å²) in [7, 11) is 2.01. The molecule has 0 amide bonds. The summed E-state index contributed by atoms with van der Waals surface area (Å²) in [6.45, 7) is 2.78. The fourth-order valence-corrected chi connectivity index (χ4v) is 2.59. The minimum atomic E-state index is -0.223. The molecule has 0 aromatic rings. The molecule has 0 aromatic heterocycles. The van der Waals surface area contributed by atoms with Crippen molar-refractivity contribution in [2.45, 2.75) is 57.6 Å². The van der Waals surface area contributed by atoms with Crippen LogP contribution >= 0.6 is 0 Å². The molecule has 2 atom stereocenters. The maximum atomic E-state index is 10.1. The van der Waals surface area contributed by atoms with Crippen molar-refractivity contribution in [1.29, 1.82) is 0 Å². The molecule has 0 heterocycles. The van der Waals surface area contributed by atoms with Crippen LogP contribution in [0.1, 0.15) is 45.4 Å². The third kappa shape index (κ3) is 2.92. The first-order chi connectivity index (χ1) is 8.03. The Hall–Kier alpha value is -0.770. The van der Waals surface area contributed by atoms with Crippen molar-refractivity contribution < 1.29 is 5.11 Å². The Kier molecular flexibility index (Phi) is 3.61. The molecule has 3 N–H and O–H groups in total. The van der Waals surface area contributed by atoms with Crippen molar-refractivity contribution in [2.75, 3.05) is 13.6 Å². The second kappa shape index (κ2) is 4.84. The molecule has 2 aliphatic carbocycles. The molecule has 4 heteroatoms. The first kappa shape index (κ1) is 12.7. The first-order valence-electron chi connectivity index (χ1n) is 6.74. The zero-order chi connectivity index (χ0) is 12.5. The molecule has 17 heavy (non-hydrogen) atoms. The quantitative estimate of drug-likeness (QED) is 0.577. The summed E-state index contributed by atoms with van der Waals surface area (Å²) in [6.07, 6.45) is 6.53. The lowest BCUT2D eigenvalue weighted by molar-refractivity contribution is 0.00709. The Bertz CT molecular complexity index is 301. The predicted molar refractivity (Wildman–Crippen MR) is 69.9 cm³/mol. The number of nitrogens with two attached hydrogens (primary N) is 1. The smallest absolute Gasteiger partial charge is 0.191 e. The summed E-state index contributed by atoms with van der Waals surface area (Å²) in [5, 5.41) is 10.1. The van der Waals surface area contributed by atoms with Gasteiger partial charge in [0.15, 0.2) is 5.96 Å². The maximum Gasteiger partial charge on any atom is 0.191 e. The van der Waals surface area contributed by atoms with Gasteiger partial charge in [0.2, 0.25) is 0 Å². The van der Waals surface area contributed by atoms with E-state index in [0.29, 0.717) is 18.5 Å². The van der Waals surface area contributed by atoms with E-state index in [9.17, 15) is 5.11 Å². The van der Waals surface area contributed by atoms with Crippen LogP contribution in [0.5, 0.6) is 0 Å². The van der Waals surface area contributed by atoms with Gasteiger partial charge < -0.3 is 15.7 Å². The molecular weight excluding hydrogens is 214 g/mol. The van der Waals surface area contributed by atoms with Crippen molar-refractivity contribution in [3.63, 3.8) is 0 Å². The summed E-state index contributed by atoms with van der Waals surface area (Å²) in [6, 6.07) is 0.600. The maximum absolute atomic E-state index is 10.1. The molecule has 4 nitrogen and oxygen atoms in total. The van der Waals surface area contributed by atoms with Gasteiger partial charge in [-0.15, -0.1) is 0 Å². The van der Waals surface area contributed by atoms with Gasteiger partial charge in [0, 0.05) is 18.5 Å². The molecule has 0 bridgehead atoms. The van der Waals surface area contributed by atoms with Gasteiger partial charge in [-0.25, -0.2) is 0 Å². The van der Waals surface area contributed by atoms with Crippen molar-refractivity contribution >= 4 is 5.96 Å². The van der Waals surface area contributed by atoms with Crippen LogP contribution < -0.4 is 5.73 Å². The largest absolute Gasteiger partial charge is 0.392 e. The summed E-state index contributed by atoms with van der Waals surface area (Å²) in [5.41, 5.74) is 5.90. The van der Waals surface area contributed by atoms with Crippen molar-refractivity contribution in [2.24, 2.45) is 16.1 Å². The number of nitrogens with zero attached hydrogens (tertiary/aromatic N) is 2. The minimum Gasteiger partial charge on any atom is -0.392 e. The lowest BCUT2D eigenvalue weighted by atomic mass is 9.73. The van der Waals surface area contributed by atoms with Gasteiger partial charge in [0.05, 0.1) is 12.6 Å². The highest BCUT2D eigenvalue weighted by molar-refractivity contribution is 5.78. The summed E-state index contributed by atoms with van der Waals surface area (Å²) in [4.78, 5) is 6.56. The number of aliphatic imine (C=N–C) groups is 1. The molecular formula is C13H25N3O. The van der Waals surface area contributed by atoms with E-state index in [0.717, 1.165) is 19.3 Å². The molecule has 0 radical (unpaired) electrons. The fraction of sp³-hybridized carbons (Fsp3) is 0.923. The first-order valence-corrected chi connectivity index (χ1v) is 6.74. The van der Waals surface area contributed by atoms with Gasteiger partial charge >= 0.3 is 0 Å². The predicted octanol–water partition coefficient (Wildman–Crippen LogP) is 1.34. The number of aliphatic hydroxyl groups excluding tert-OH is 1. The number of hydrogen-bond acceptors (Lipinski definition) is 2. The number of guanidine groups is 1. The fourth-order valence-electron chi connectivity index (χ4n) is 2.59. The van der Waals surface area contributed by atoms with E-state index in [-0.39, 0.29) is 11.5 Å². The highest BCUT2D eigenvalue weighted by Crippen LogP contribution is 2.36. The van der Waals surface area contributed by atoms with Crippen LogP contribution in [0.2, 0.25) is 0 Å². The van der Waals surface area contributed by atoms with Gasteiger partial charge in [-0.1, -0.05) is 19.8 Å². The van der Waals surface area contributed by atoms with Crippen LogP contribution in [0, 0.1) is 5.41 Å². The molecule has 2 fully saturated rings. The minimum absolute atomic E-state index is 0.0761. The molecule has 0 spiro atoms. The van der Waals surface area contributed by atoms with Crippen LogP contribution in [0.4, 0.5) is 0 Å². The monoisotopic (exact) mass is 239 g/mol. The van der Waals surface area contributed by atoms with Gasteiger partial charge in [0.25, 0.3) is 0 Å². The lowest BCUT2D eigenvalue weighted by Gasteiger charge is -2.37. The molecule has 98 valence electrons. The number of rotatable bonds is 3. The summed E-state index contributed by atoms with van der Waals surface area (Å²) >= 11 is 0. The molecule has 0 aromatic carbocycles. The molecule has 2 unspecified atom stereocenters. The standard InChI is InChI=1S/C13H25N3O/c1-13(8-4-3-5-11(13)17)9-15-12(14)16(2)10-6-7-10/h10-11,17H,3-9H2,1-2H3,(H2,14,15). The SMILES string of the molecule is CN(C(N)=NCC1(C)CCCCC1O)C1CC1. The van der Waals surface area contributed by atoms with Crippen LogP contribution in [0.15, 0.2) is 4.99 Å². The molecule has 0 aliphatic heterocycles. The molecule has 2 rings (SSSR count). The van der Waals surface area contributed by atoms with Crippen LogP contribution in [-0.4, -0.2) is 41.7 Å². The van der Waals surface area contributed by atoms with Crippen LogP contribution in [-0.2, 0) is 0 Å². The van der Waals surface area contributed by atoms with Crippen molar-refractivity contribution in [3.05, 3.63) is 0 Å². The van der Waals surface area contributed by atoms with E-state index in [1.165, 1.54) is 19.3 Å². The third-order valence-electron chi connectivity index (χ3n) is 4.34. The Morgan fingerprint density at radius 1 is 1.41 bits per heavy atom.